The quantitative estimate of drug-likeness (QED) is 0.576. The lowest BCUT2D eigenvalue weighted by Gasteiger charge is -2.13. The van der Waals surface area contributed by atoms with Crippen molar-refractivity contribution in [3.05, 3.63) is 71.1 Å². The number of rotatable bonds is 9. The van der Waals surface area contributed by atoms with Gasteiger partial charge in [-0.25, -0.2) is 0 Å². The molecule has 2 rings (SSSR count). The van der Waals surface area contributed by atoms with Gasteiger partial charge in [0, 0.05) is 33.6 Å². The van der Waals surface area contributed by atoms with Gasteiger partial charge < -0.3 is 19.0 Å². The van der Waals surface area contributed by atoms with Crippen molar-refractivity contribution in [2.45, 2.75) is 27.7 Å². The fraction of sp³-hybridized carbons (Fsp3) is 0.167. The van der Waals surface area contributed by atoms with Crippen LogP contribution in [0.3, 0.4) is 0 Å². The second-order valence-corrected chi connectivity index (χ2v) is 6.50. The number of nitrogens with zero attached hydrogens (tertiary/aromatic N) is 2. The maximum atomic E-state index is 10.2. The van der Waals surface area contributed by atoms with Crippen LogP contribution in [0.4, 0.5) is 0 Å². The second-order valence-electron chi connectivity index (χ2n) is 6.50. The van der Waals surface area contributed by atoms with Crippen LogP contribution in [0.25, 0.3) is 47.8 Å². The first-order chi connectivity index (χ1) is 14.6. The largest absolute Gasteiger partial charge is 0.441 e. The van der Waals surface area contributed by atoms with Gasteiger partial charge in [0.25, 0.3) is 0 Å². The molecule has 0 unspecified atom stereocenters. The van der Waals surface area contributed by atoms with E-state index in [1.807, 2.05) is 76.3 Å². The third kappa shape index (κ3) is 3.89. The average Bonchev–Trinajstić information content (AvgIpc) is 3.20. The molecule has 152 valence electrons. The van der Waals surface area contributed by atoms with Crippen molar-refractivity contribution in [1.29, 1.82) is 0 Å². The van der Waals surface area contributed by atoms with Gasteiger partial charge in [0.1, 0.15) is 0 Å². The molecule has 0 aliphatic rings. The molecule has 2 heterocycles. The Bertz CT molecular complexity index is 966. The SMILES string of the molecule is C=Cc1c(/C=C\C)c(/C=C\C)n([B]O)c1-c1c(C=C)c(/C=C\C)c(/C=C\C)n1[B]O. The summed E-state index contributed by atoms with van der Waals surface area (Å²) in [5.41, 5.74) is 6.56. The lowest BCUT2D eigenvalue weighted by Crippen LogP contribution is -2.15. The van der Waals surface area contributed by atoms with E-state index in [2.05, 4.69) is 13.2 Å². The van der Waals surface area contributed by atoms with E-state index in [9.17, 15) is 10.0 Å². The molecule has 6 heteroatoms. The zero-order valence-corrected chi connectivity index (χ0v) is 18.1. The summed E-state index contributed by atoms with van der Waals surface area (Å²) < 4.78 is 3.40. The highest BCUT2D eigenvalue weighted by Crippen LogP contribution is 2.40. The van der Waals surface area contributed by atoms with E-state index in [0.29, 0.717) is 11.4 Å². The Labute approximate surface area is 181 Å². The average molecular weight is 398 g/mol. The Hall–Kier alpha value is -2.95. The smallest absolute Gasteiger partial charge is 0.435 e. The van der Waals surface area contributed by atoms with Gasteiger partial charge in [-0.1, -0.05) is 61.8 Å². The van der Waals surface area contributed by atoms with Gasteiger partial charge in [0.15, 0.2) is 0 Å². The standard InChI is InChI=1S/C24H28B2N2O2/c1-7-13-19-17(11-5)23(27(25-29)21(19)15-9-3)24-18(12-6)20(14-8-2)22(16-10-4)28(24)26-30/h7-16,29-30H,5-6H2,1-4H3/b13-7-,14-8-,15-9-,16-10-. The molecule has 2 radical (unpaired) electrons. The Kier molecular flexibility index (Phi) is 8.34. The van der Waals surface area contributed by atoms with E-state index >= 15 is 0 Å². The van der Waals surface area contributed by atoms with Crippen LogP contribution >= 0.6 is 0 Å². The Balaban J connectivity index is 3.18. The monoisotopic (exact) mass is 398 g/mol. The maximum Gasteiger partial charge on any atom is 0.441 e. The van der Waals surface area contributed by atoms with Crippen LogP contribution in [-0.2, 0) is 0 Å². The number of hydrogen-bond donors (Lipinski definition) is 2. The molecule has 0 fully saturated rings. The van der Waals surface area contributed by atoms with Gasteiger partial charge in [0.05, 0.1) is 11.4 Å². The van der Waals surface area contributed by atoms with Gasteiger partial charge in [-0.3, -0.25) is 0 Å². The van der Waals surface area contributed by atoms with Crippen LogP contribution in [0.1, 0.15) is 61.3 Å². The van der Waals surface area contributed by atoms with Crippen molar-refractivity contribution < 1.29 is 10.0 Å². The summed E-state index contributed by atoms with van der Waals surface area (Å²) in [4.78, 5) is 0. The molecule has 2 N–H and O–H groups in total. The van der Waals surface area contributed by atoms with E-state index in [1.165, 1.54) is 0 Å². The number of aromatic nitrogens is 2. The number of hydrogen-bond acceptors (Lipinski definition) is 2. The molecule has 0 atom stereocenters. The Morgan fingerprint density at radius 1 is 0.600 bits per heavy atom. The van der Waals surface area contributed by atoms with Gasteiger partial charge in [-0.15, -0.1) is 0 Å². The number of allylic oxidation sites excluding steroid dienone is 4. The van der Waals surface area contributed by atoms with Crippen molar-refractivity contribution in [2.75, 3.05) is 0 Å². The lowest BCUT2D eigenvalue weighted by atomic mass is 10.0. The molecule has 30 heavy (non-hydrogen) atoms. The molecule has 0 saturated heterocycles. The lowest BCUT2D eigenvalue weighted by molar-refractivity contribution is 0.585. The molecule has 4 nitrogen and oxygen atoms in total. The van der Waals surface area contributed by atoms with E-state index in [4.69, 9.17) is 0 Å². The highest BCUT2D eigenvalue weighted by atomic mass is 16.2. The minimum Gasteiger partial charge on any atom is -0.435 e. The summed E-state index contributed by atoms with van der Waals surface area (Å²) in [5.74, 6) is 0. The van der Waals surface area contributed by atoms with E-state index < -0.39 is 0 Å². The summed E-state index contributed by atoms with van der Waals surface area (Å²) in [6, 6.07) is 0. The van der Waals surface area contributed by atoms with Crippen LogP contribution in [0, 0.1) is 0 Å². The predicted octanol–water partition coefficient (Wildman–Crippen LogP) is 5.12. The Morgan fingerprint density at radius 3 is 1.17 bits per heavy atom. The van der Waals surface area contributed by atoms with Crippen LogP contribution in [0.5, 0.6) is 0 Å². The van der Waals surface area contributed by atoms with Gasteiger partial charge in [-0.2, -0.15) is 0 Å². The van der Waals surface area contributed by atoms with Crippen LogP contribution in [0.2, 0.25) is 0 Å². The summed E-state index contributed by atoms with van der Waals surface area (Å²) in [7, 11) is 2.08. The molecule has 0 aliphatic carbocycles. The highest BCUT2D eigenvalue weighted by molar-refractivity contribution is 6.28. The summed E-state index contributed by atoms with van der Waals surface area (Å²) in [6.45, 7) is 15.8. The molecule has 0 saturated carbocycles. The second kappa shape index (κ2) is 10.7. The zero-order valence-electron chi connectivity index (χ0n) is 18.1. The van der Waals surface area contributed by atoms with Crippen molar-refractivity contribution in [3.8, 4) is 11.4 Å². The maximum absolute atomic E-state index is 10.2. The summed E-state index contributed by atoms with van der Waals surface area (Å²) in [6.07, 6.45) is 19.1. The van der Waals surface area contributed by atoms with Gasteiger partial charge in [0.2, 0.25) is 0 Å². The molecule has 0 aromatic carbocycles. The van der Waals surface area contributed by atoms with Gasteiger partial charge >= 0.3 is 15.2 Å². The van der Waals surface area contributed by atoms with Gasteiger partial charge in [-0.05, 0) is 39.8 Å². The molecule has 0 aliphatic heterocycles. The van der Waals surface area contributed by atoms with Crippen molar-refractivity contribution in [2.24, 2.45) is 0 Å². The van der Waals surface area contributed by atoms with Crippen molar-refractivity contribution >= 4 is 51.7 Å². The molecular weight excluding hydrogens is 370 g/mol. The molecule has 2 aromatic rings. The minimum absolute atomic E-state index is 0.704. The van der Waals surface area contributed by atoms with Crippen molar-refractivity contribution in [1.82, 2.24) is 8.96 Å². The normalized spacial score (nSPS) is 12.1. The molecule has 0 spiro atoms. The zero-order chi connectivity index (χ0) is 22.3. The topological polar surface area (TPSA) is 50.3 Å². The Morgan fingerprint density at radius 2 is 0.933 bits per heavy atom. The fourth-order valence-electron chi connectivity index (χ4n) is 3.77. The molecule has 0 bridgehead atoms. The van der Waals surface area contributed by atoms with E-state index in [-0.39, 0.29) is 0 Å². The van der Waals surface area contributed by atoms with E-state index in [0.717, 1.165) is 48.9 Å². The minimum atomic E-state index is 0.704. The predicted molar refractivity (Wildman–Crippen MR) is 134 cm³/mol. The molecule has 0 amide bonds. The first-order valence-corrected chi connectivity index (χ1v) is 9.87. The first-order valence-electron chi connectivity index (χ1n) is 9.87. The molecule has 2 aromatic heterocycles. The van der Waals surface area contributed by atoms with Crippen molar-refractivity contribution in [3.63, 3.8) is 0 Å². The van der Waals surface area contributed by atoms with E-state index in [1.54, 1.807) is 21.1 Å². The molecular formula is C24H28B2N2O2. The van der Waals surface area contributed by atoms with Crippen LogP contribution < -0.4 is 0 Å². The van der Waals surface area contributed by atoms with Crippen LogP contribution in [-0.4, -0.2) is 34.2 Å². The third-order valence-corrected chi connectivity index (χ3v) is 4.82. The highest BCUT2D eigenvalue weighted by Gasteiger charge is 2.27. The van der Waals surface area contributed by atoms with Crippen LogP contribution in [0.15, 0.2) is 37.5 Å². The summed E-state index contributed by atoms with van der Waals surface area (Å²) in [5, 5.41) is 20.4. The summed E-state index contributed by atoms with van der Waals surface area (Å²) >= 11 is 0. The fourth-order valence-corrected chi connectivity index (χ4v) is 3.77. The first kappa shape index (κ1) is 23.3. The third-order valence-electron chi connectivity index (χ3n) is 4.82.